The molecule has 53 heavy (non-hydrogen) atoms. The van der Waals surface area contributed by atoms with Crippen molar-refractivity contribution in [2.24, 2.45) is 0 Å². The maximum absolute atomic E-state index is 2.56. The first-order valence-electron chi connectivity index (χ1n) is 19.7. The van der Waals surface area contributed by atoms with Crippen molar-refractivity contribution in [1.29, 1.82) is 0 Å². The van der Waals surface area contributed by atoms with Crippen LogP contribution in [0.1, 0.15) is 93.5 Å². The topological polar surface area (TPSA) is 3.24 Å². The van der Waals surface area contributed by atoms with E-state index in [2.05, 4.69) is 178 Å². The predicted molar refractivity (Wildman–Crippen MR) is 225 cm³/mol. The van der Waals surface area contributed by atoms with E-state index in [1.165, 1.54) is 121 Å². The van der Waals surface area contributed by atoms with E-state index in [1.54, 1.807) is 0 Å². The molecule has 1 heteroatoms. The molecule has 0 heterocycles. The predicted octanol–water partition coefficient (Wildman–Crippen LogP) is 14.6. The Kier molecular flexibility index (Phi) is 7.35. The van der Waals surface area contributed by atoms with Crippen LogP contribution in [-0.2, 0) is 10.8 Å². The zero-order valence-electron chi connectivity index (χ0n) is 31.4. The van der Waals surface area contributed by atoms with Crippen molar-refractivity contribution in [2.45, 2.75) is 76.5 Å². The summed E-state index contributed by atoms with van der Waals surface area (Å²) in [5.41, 5.74) is 18.5. The molecule has 0 aromatic heterocycles. The SMILES string of the molecule is CC1(C)c2ccccc2-c2cc(N(c3ccc(C4CCCCC4)cc3)c3c(-c4ccc5c(c4)C(C)(C)c4ccccc4-5)ccc4ccccc34)ccc21. The molecule has 0 unspecified atom stereocenters. The standard InChI is InChI=1S/C52H47N/c1-51(2)47-21-13-11-19-43(47)45-33-39(28-31-48(45)51)53(38-26-22-35(23-27-38)34-14-6-5-7-15-34)50-40-17-9-8-16-36(40)24-29-41(50)37-25-30-44-42-18-10-12-20-46(42)52(3,4)49(44)32-37/h8-13,16-34H,5-7,14-15H2,1-4H3. The van der Waals surface area contributed by atoms with Crippen molar-refractivity contribution < 1.29 is 0 Å². The number of anilines is 3. The van der Waals surface area contributed by atoms with Crippen molar-refractivity contribution in [2.75, 3.05) is 4.90 Å². The van der Waals surface area contributed by atoms with Crippen LogP contribution in [0.15, 0.2) is 146 Å². The summed E-state index contributed by atoms with van der Waals surface area (Å²) in [7, 11) is 0. The zero-order chi connectivity index (χ0) is 35.9. The maximum Gasteiger partial charge on any atom is 0.0618 e. The number of nitrogens with zero attached hydrogens (tertiary/aromatic N) is 1. The van der Waals surface area contributed by atoms with Gasteiger partial charge in [-0.3, -0.25) is 0 Å². The van der Waals surface area contributed by atoms with E-state index in [4.69, 9.17) is 0 Å². The molecule has 0 atom stereocenters. The molecule has 7 aromatic rings. The highest BCUT2D eigenvalue weighted by Crippen LogP contribution is 2.54. The summed E-state index contributed by atoms with van der Waals surface area (Å²) in [6.45, 7) is 9.50. The Morgan fingerprint density at radius 2 is 1.04 bits per heavy atom. The van der Waals surface area contributed by atoms with E-state index >= 15 is 0 Å². The molecule has 10 rings (SSSR count). The Morgan fingerprint density at radius 3 is 1.79 bits per heavy atom. The number of benzene rings is 7. The highest BCUT2D eigenvalue weighted by Gasteiger charge is 2.37. The third kappa shape index (κ3) is 4.97. The molecule has 0 spiro atoms. The van der Waals surface area contributed by atoms with Crippen LogP contribution < -0.4 is 4.90 Å². The molecule has 0 N–H and O–H groups in total. The summed E-state index contributed by atoms with van der Waals surface area (Å²) in [6, 6.07) is 55.6. The molecule has 7 aromatic carbocycles. The highest BCUT2D eigenvalue weighted by atomic mass is 15.1. The maximum atomic E-state index is 2.56. The molecular formula is C52H47N. The van der Waals surface area contributed by atoms with Gasteiger partial charge in [-0.15, -0.1) is 0 Å². The largest absolute Gasteiger partial charge is 0.309 e. The van der Waals surface area contributed by atoms with Crippen molar-refractivity contribution in [3.8, 4) is 33.4 Å². The third-order valence-electron chi connectivity index (χ3n) is 13.1. The molecular weight excluding hydrogens is 639 g/mol. The molecule has 1 nitrogen and oxygen atoms in total. The van der Waals surface area contributed by atoms with Crippen LogP contribution in [0.2, 0.25) is 0 Å². The lowest BCUT2D eigenvalue weighted by atomic mass is 9.81. The van der Waals surface area contributed by atoms with Gasteiger partial charge in [-0.05, 0) is 110 Å². The molecule has 0 radical (unpaired) electrons. The van der Waals surface area contributed by atoms with Gasteiger partial charge in [0.25, 0.3) is 0 Å². The molecule has 3 aliphatic rings. The average molecular weight is 686 g/mol. The second kappa shape index (κ2) is 12.1. The monoisotopic (exact) mass is 685 g/mol. The minimum atomic E-state index is -0.0756. The van der Waals surface area contributed by atoms with Gasteiger partial charge >= 0.3 is 0 Å². The minimum Gasteiger partial charge on any atom is -0.309 e. The Morgan fingerprint density at radius 1 is 0.453 bits per heavy atom. The zero-order valence-corrected chi connectivity index (χ0v) is 31.4. The summed E-state index contributed by atoms with van der Waals surface area (Å²) >= 11 is 0. The fraction of sp³-hybridized carbons (Fsp3) is 0.231. The Hall–Kier alpha value is -5.40. The number of rotatable bonds is 5. The van der Waals surface area contributed by atoms with Gasteiger partial charge in [-0.1, -0.05) is 162 Å². The van der Waals surface area contributed by atoms with Gasteiger partial charge in [0.1, 0.15) is 0 Å². The molecule has 0 saturated heterocycles. The van der Waals surface area contributed by atoms with Crippen LogP contribution in [0, 0.1) is 0 Å². The molecule has 0 aliphatic heterocycles. The van der Waals surface area contributed by atoms with Gasteiger partial charge in [0.05, 0.1) is 5.69 Å². The quantitative estimate of drug-likeness (QED) is 0.174. The normalized spacial score (nSPS) is 16.5. The first-order valence-corrected chi connectivity index (χ1v) is 19.7. The molecule has 3 aliphatic carbocycles. The smallest absolute Gasteiger partial charge is 0.0618 e. The minimum absolute atomic E-state index is 0.0453. The number of hydrogen-bond donors (Lipinski definition) is 0. The Labute approximate surface area is 315 Å². The fourth-order valence-electron chi connectivity index (χ4n) is 10.2. The van der Waals surface area contributed by atoms with E-state index in [0.29, 0.717) is 5.92 Å². The summed E-state index contributed by atoms with van der Waals surface area (Å²) in [4.78, 5) is 2.56. The van der Waals surface area contributed by atoms with Crippen LogP contribution in [0.5, 0.6) is 0 Å². The number of hydrogen-bond acceptors (Lipinski definition) is 1. The van der Waals surface area contributed by atoms with Crippen LogP contribution in [0.25, 0.3) is 44.2 Å². The van der Waals surface area contributed by atoms with Gasteiger partial charge in [0.15, 0.2) is 0 Å². The van der Waals surface area contributed by atoms with Crippen LogP contribution in [-0.4, -0.2) is 0 Å². The van der Waals surface area contributed by atoms with Crippen LogP contribution in [0.4, 0.5) is 17.1 Å². The summed E-state index contributed by atoms with van der Waals surface area (Å²) in [6.07, 6.45) is 6.65. The van der Waals surface area contributed by atoms with Gasteiger partial charge < -0.3 is 4.90 Å². The molecule has 0 bridgehead atoms. The Bertz CT molecular complexity index is 2540. The lowest BCUT2D eigenvalue weighted by molar-refractivity contribution is 0.443. The third-order valence-corrected chi connectivity index (χ3v) is 13.1. The lowest BCUT2D eigenvalue weighted by Crippen LogP contribution is -2.16. The summed E-state index contributed by atoms with van der Waals surface area (Å²) < 4.78 is 0. The van der Waals surface area contributed by atoms with E-state index in [0.717, 1.165) is 0 Å². The van der Waals surface area contributed by atoms with Crippen molar-refractivity contribution in [3.05, 3.63) is 173 Å². The molecule has 0 amide bonds. The van der Waals surface area contributed by atoms with Crippen LogP contribution in [0.3, 0.4) is 0 Å². The first-order chi connectivity index (χ1) is 25.8. The van der Waals surface area contributed by atoms with Gasteiger partial charge in [0, 0.05) is 33.2 Å². The van der Waals surface area contributed by atoms with E-state index < -0.39 is 0 Å². The number of fused-ring (bicyclic) bond motifs is 7. The second-order valence-electron chi connectivity index (χ2n) is 16.8. The van der Waals surface area contributed by atoms with Crippen molar-refractivity contribution in [3.63, 3.8) is 0 Å². The van der Waals surface area contributed by atoms with E-state index in [1.807, 2.05) is 0 Å². The van der Waals surface area contributed by atoms with Crippen molar-refractivity contribution >= 4 is 27.8 Å². The van der Waals surface area contributed by atoms with E-state index in [9.17, 15) is 0 Å². The summed E-state index contributed by atoms with van der Waals surface area (Å²) in [5.74, 6) is 0.664. The lowest BCUT2D eigenvalue weighted by Gasteiger charge is -2.31. The van der Waals surface area contributed by atoms with E-state index in [-0.39, 0.29) is 10.8 Å². The summed E-state index contributed by atoms with van der Waals surface area (Å²) in [5, 5.41) is 2.50. The van der Waals surface area contributed by atoms with Gasteiger partial charge in [0.2, 0.25) is 0 Å². The average Bonchev–Trinajstić information content (AvgIpc) is 3.57. The first kappa shape index (κ1) is 32.3. The molecule has 1 fully saturated rings. The fourth-order valence-corrected chi connectivity index (χ4v) is 10.2. The highest BCUT2D eigenvalue weighted by molar-refractivity contribution is 6.07. The van der Waals surface area contributed by atoms with Gasteiger partial charge in [-0.2, -0.15) is 0 Å². The molecule has 260 valence electrons. The molecule has 1 saturated carbocycles. The van der Waals surface area contributed by atoms with Crippen molar-refractivity contribution in [1.82, 2.24) is 0 Å². The van der Waals surface area contributed by atoms with Crippen LogP contribution >= 0.6 is 0 Å². The second-order valence-corrected chi connectivity index (χ2v) is 16.8. The van der Waals surface area contributed by atoms with Gasteiger partial charge in [-0.25, -0.2) is 0 Å². The Balaban J connectivity index is 1.21.